The van der Waals surface area contributed by atoms with Crippen molar-refractivity contribution in [3.05, 3.63) is 23.8 Å². The molecule has 0 radical (unpaired) electrons. The largest absolute Gasteiger partial charge is 0.339 e. The number of anilines is 1. The number of likely N-dealkylation sites (tertiary alicyclic amines) is 1. The normalized spacial score (nSPS) is 22.8. The topological polar surface area (TPSA) is 73.0 Å². The second kappa shape index (κ2) is 9.39. The van der Waals surface area contributed by atoms with Crippen molar-refractivity contribution in [2.75, 3.05) is 50.3 Å². The molecule has 3 amide bonds. The number of carbonyl (C=O) groups excluding carboxylic acids is 3. The van der Waals surface area contributed by atoms with Crippen molar-refractivity contribution in [2.24, 2.45) is 0 Å². The van der Waals surface area contributed by atoms with E-state index in [0.29, 0.717) is 50.7 Å². The minimum atomic E-state index is -0.0167. The van der Waals surface area contributed by atoms with Crippen molar-refractivity contribution < 1.29 is 14.4 Å². The Balaban J connectivity index is 1.32. The number of rotatable bonds is 3. The number of benzene rings is 1. The Morgan fingerprint density at radius 3 is 2.70 bits per heavy atom. The third-order valence-electron chi connectivity index (χ3n) is 6.23. The van der Waals surface area contributed by atoms with E-state index in [-0.39, 0.29) is 17.7 Å². The molecule has 0 spiro atoms. The minimum Gasteiger partial charge on any atom is -0.339 e. The highest BCUT2D eigenvalue weighted by atomic mass is 32.2. The lowest BCUT2D eigenvalue weighted by molar-refractivity contribution is -0.136. The number of nitrogens with zero attached hydrogens (tertiary/aromatic N) is 3. The van der Waals surface area contributed by atoms with Crippen LogP contribution >= 0.6 is 11.8 Å². The van der Waals surface area contributed by atoms with Gasteiger partial charge in [0.1, 0.15) is 0 Å². The molecule has 1 aromatic rings. The first-order chi connectivity index (χ1) is 14.5. The van der Waals surface area contributed by atoms with E-state index in [1.165, 1.54) is 6.42 Å². The summed E-state index contributed by atoms with van der Waals surface area (Å²) in [6.07, 6.45) is 3.88. The highest BCUT2D eigenvalue weighted by Crippen LogP contribution is 2.31. The molecule has 2 fully saturated rings. The average molecular weight is 431 g/mol. The van der Waals surface area contributed by atoms with Crippen LogP contribution in [0.15, 0.2) is 23.1 Å². The van der Waals surface area contributed by atoms with Gasteiger partial charge in [-0.25, -0.2) is 0 Å². The number of piperazine rings is 1. The second-order valence-electron chi connectivity index (χ2n) is 8.36. The number of carbonyl (C=O) groups is 3. The molecule has 162 valence electrons. The van der Waals surface area contributed by atoms with Gasteiger partial charge in [-0.05, 0) is 44.4 Å². The first-order valence-electron chi connectivity index (χ1n) is 10.9. The highest BCUT2D eigenvalue weighted by Gasteiger charge is 2.28. The van der Waals surface area contributed by atoms with Crippen molar-refractivity contribution in [3.8, 4) is 0 Å². The van der Waals surface area contributed by atoms with Gasteiger partial charge in [-0.3, -0.25) is 19.3 Å². The Bertz CT molecular complexity index is 823. The van der Waals surface area contributed by atoms with Gasteiger partial charge in [-0.15, -0.1) is 11.8 Å². The fraction of sp³-hybridized carbons (Fsp3) is 0.591. The molecule has 0 aromatic heterocycles. The first kappa shape index (κ1) is 21.2. The van der Waals surface area contributed by atoms with E-state index < -0.39 is 0 Å². The Morgan fingerprint density at radius 2 is 1.93 bits per heavy atom. The maximum atomic E-state index is 13.0. The van der Waals surface area contributed by atoms with Crippen molar-refractivity contribution >= 4 is 35.2 Å². The van der Waals surface area contributed by atoms with Gasteiger partial charge in [0, 0.05) is 61.4 Å². The maximum absolute atomic E-state index is 13.0. The SMILES string of the molecule is CC1CCCCN1C(=O)CN1CCN(C(=O)c2ccc3c(c2)NC(=O)CCS3)CC1. The Labute approximate surface area is 182 Å². The number of hydrogen-bond donors (Lipinski definition) is 1. The van der Waals surface area contributed by atoms with Crippen LogP contribution in [-0.4, -0.2) is 83.5 Å². The lowest BCUT2D eigenvalue weighted by Crippen LogP contribution is -2.53. The lowest BCUT2D eigenvalue weighted by Gasteiger charge is -2.38. The number of amides is 3. The van der Waals surface area contributed by atoms with Crippen molar-refractivity contribution in [1.29, 1.82) is 0 Å². The van der Waals surface area contributed by atoms with Crippen LogP contribution in [0.3, 0.4) is 0 Å². The van der Waals surface area contributed by atoms with Crippen LogP contribution in [0.2, 0.25) is 0 Å². The van der Waals surface area contributed by atoms with Crippen molar-refractivity contribution in [3.63, 3.8) is 0 Å². The summed E-state index contributed by atoms with van der Waals surface area (Å²) < 4.78 is 0. The Kier molecular flexibility index (Phi) is 6.63. The minimum absolute atomic E-state index is 0.00726. The van der Waals surface area contributed by atoms with Gasteiger partial charge in [0.05, 0.1) is 12.2 Å². The van der Waals surface area contributed by atoms with Gasteiger partial charge in [0.25, 0.3) is 5.91 Å². The molecule has 3 heterocycles. The van der Waals surface area contributed by atoms with Gasteiger partial charge in [0.15, 0.2) is 0 Å². The molecule has 0 saturated carbocycles. The second-order valence-corrected chi connectivity index (χ2v) is 9.49. The fourth-order valence-corrected chi connectivity index (χ4v) is 5.33. The Morgan fingerprint density at radius 1 is 1.13 bits per heavy atom. The number of nitrogens with one attached hydrogen (secondary N) is 1. The molecule has 1 N–H and O–H groups in total. The van der Waals surface area contributed by atoms with E-state index in [1.807, 2.05) is 21.9 Å². The van der Waals surface area contributed by atoms with Crippen LogP contribution in [0.4, 0.5) is 5.69 Å². The van der Waals surface area contributed by atoms with Gasteiger partial charge in [-0.2, -0.15) is 0 Å². The van der Waals surface area contributed by atoms with E-state index in [1.54, 1.807) is 17.8 Å². The summed E-state index contributed by atoms with van der Waals surface area (Å²) in [5.41, 5.74) is 1.33. The van der Waals surface area contributed by atoms with Crippen LogP contribution in [0.1, 0.15) is 43.0 Å². The third-order valence-corrected chi connectivity index (χ3v) is 7.30. The monoisotopic (exact) mass is 430 g/mol. The molecule has 8 heteroatoms. The summed E-state index contributed by atoms with van der Waals surface area (Å²) in [5, 5.41) is 2.90. The summed E-state index contributed by atoms with van der Waals surface area (Å²) in [6.45, 7) is 6.07. The van der Waals surface area contributed by atoms with E-state index in [4.69, 9.17) is 0 Å². The van der Waals surface area contributed by atoms with E-state index in [2.05, 4.69) is 17.1 Å². The number of hydrogen-bond acceptors (Lipinski definition) is 5. The molecule has 3 aliphatic heterocycles. The predicted octanol–water partition coefficient (Wildman–Crippen LogP) is 2.28. The predicted molar refractivity (Wildman–Crippen MR) is 118 cm³/mol. The van der Waals surface area contributed by atoms with E-state index in [0.717, 1.165) is 35.7 Å². The summed E-state index contributed by atoms with van der Waals surface area (Å²) in [7, 11) is 0. The van der Waals surface area contributed by atoms with Gasteiger partial charge in [-0.1, -0.05) is 0 Å². The highest BCUT2D eigenvalue weighted by molar-refractivity contribution is 7.99. The van der Waals surface area contributed by atoms with Crippen LogP contribution in [0.5, 0.6) is 0 Å². The molecule has 30 heavy (non-hydrogen) atoms. The summed E-state index contributed by atoms with van der Waals surface area (Å²) in [4.78, 5) is 44.5. The molecule has 2 saturated heterocycles. The standard InChI is InChI=1S/C22H30N4O3S/c1-16-4-2-3-8-26(16)21(28)15-24-9-11-25(12-10-24)22(29)17-5-6-19-18(14-17)23-20(27)7-13-30-19/h5-6,14,16H,2-4,7-13,15H2,1H3,(H,23,27). The molecular weight excluding hydrogens is 400 g/mol. The molecule has 7 nitrogen and oxygen atoms in total. The summed E-state index contributed by atoms with van der Waals surface area (Å²) >= 11 is 1.64. The molecule has 0 bridgehead atoms. The zero-order valence-corrected chi connectivity index (χ0v) is 18.4. The summed E-state index contributed by atoms with van der Waals surface area (Å²) in [6, 6.07) is 5.90. The fourth-order valence-electron chi connectivity index (χ4n) is 4.40. The van der Waals surface area contributed by atoms with Gasteiger partial charge < -0.3 is 15.1 Å². The summed E-state index contributed by atoms with van der Waals surface area (Å²) in [5.74, 6) is 0.938. The molecule has 4 rings (SSSR count). The zero-order valence-electron chi connectivity index (χ0n) is 17.6. The van der Waals surface area contributed by atoms with Crippen LogP contribution in [0.25, 0.3) is 0 Å². The Hall–Kier alpha value is -2.06. The molecule has 1 aromatic carbocycles. The molecular formula is C22H30N4O3S. The maximum Gasteiger partial charge on any atom is 0.254 e. The van der Waals surface area contributed by atoms with Crippen LogP contribution < -0.4 is 5.32 Å². The first-order valence-corrected chi connectivity index (χ1v) is 11.9. The zero-order chi connectivity index (χ0) is 21.1. The van der Waals surface area contributed by atoms with Crippen LogP contribution in [0, 0.1) is 0 Å². The van der Waals surface area contributed by atoms with E-state index >= 15 is 0 Å². The molecule has 1 atom stereocenters. The smallest absolute Gasteiger partial charge is 0.254 e. The number of thioether (sulfide) groups is 1. The van der Waals surface area contributed by atoms with Crippen molar-refractivity contribution in [1.82, 2.24) is 14.7 Å². The van der Waals surface area contributed by atoms with Crippen molar-refractivity contribution in [2.45, 2.75) is 43.5 Å². The average Bonchev–Trinajstić information content (AvgIpc) is 2.94. The lowest BCUT2D eigenvalue weighted by atomic mass is 10.0. The number of fused-ring (bicyclic) bond motifs is 1. The molecule has 3 aliphatic rings. The third kappa shape index (κ3) is 4.81. The van der Waals surface area contributed by atoms with Gasteiger partial charge in [0.2, 0.25) is 11.8 Å². The van der Waals surface area contributed by atoms with Crippen LogP contribution in [-0.2, 0) is 9.59 Å². The quantitative estimate of drug-likeness (QED) is 0.797. The molecule has 1 unspecified atom stereocenters. The van der Waals surface area contributed by atoms with E-state index in [9.17, 15) is 14.4 Å². The molecule has 0 aliphatic carbocycles. The van der Waals surface area contributed by atoms with Gasteiger partial charge >= 0.3 is 0 Å². The number of piperidine rings is 1.